The zero-order valence-electron chi connectivity index (χ0n) is 34.1. The van der Waals surface area contributed by atoms with Crippen molar-refractivity contribution in [3.05, 3.63) is 193 Å². The zero-order valence-corrected chi connectivity index (χ0v) is 34.1. The minimum absolute atomic E-state index is 0.0428. The maximum Gasteiger partial charge on any atom is 0.226 e. The van der Waals surface area contributed by atoms with Gasteiger partial charge in [-0.1, -0.05) is 147 Å². The van der Waals surface area contributed by atoms with Crippen LogP contribution >= 0.6 is 0 Å². The summed E-state index contributed by atoms with van der Waals surface area (Å²) < 4.78 is 0. The highest BCUT2D eigenvalue weighted by molar-refractivity contribution is 6.90. The number of nitrogens with zero attached hydrogens (tertiary/aromatic N) is 3. The van der Waals surface area contributed by atoms with Crippen molar-refractivity contribution >= 4 is 62.5 Å². The Labute approximate surface area is 349 Å². The molecule has 1 saturated carbocycles. The van der Waals surface area contributed by atoms with Crippen LogP contribution in [0.2, 0.25) is 5.82 Å². The number of anilines is 6. The third-order valence-corrected chi connectivity index (χ3v) is 15.0. The molecule has 3 nitrogen and oxygen atoms in total. The Kier molecular flexibility index (Phi) is 7.58. The normalized spacial score (nSPS) is 23.5. The van der Waals surface area contributed by atoms with Crippen molar-refractivity contribution in [3.8, 4) is 11.1 Å². The predicted molar refractivity (Wildman–Crippen MR) is 250 cm³/mol. The summed E-state index contributed by atoms with van der Waals surface area (Å²) in [4.78, 5) is 8.01. The first kappa shape index (κ1) is 34.8. The Morgan fingerprint density at radius 1 is 0.644 bits per heavy atom. The van der Waals surface area contributed by atoms with Crippen LogP contribution in [0.3, 0.4) is 0 Å². The van der Waals surface area contributed by atoms with E-state index in [1.807, 2.05) is 0 Å². The van der Waals surface area contributed by atoms with E-state index >= 15 is 0 Å². The lowest BCUT2D eigenvalue weighted by Gasteiger charge is -2.57. The molecular weight excluding hydrogens is 713 g/mol. The van der Waals surface area contributed by atoms with Gasteiger partial charge in [0.05, 0.1) is 11.6 Å². The molecule has 0 radical (unpaired) electrons. The van der Waals surface area contributed by atoms with Crippen molar-refractivity contribution in [1.82, 2.24) is 0 Å². The number of para-hydroxylation sites is 3. The van der Waals surface area contributed by atoms with E-state index in [4.69, 9.17) is 0 Å². The molecule has 0 saturated heterocycles. The largest absolute Gasteiger partial charge is 0.339 e. The molecule has 0 aromatic heterocycles. The van der Waals surface area contributed by atoms with Crippen LogP contribution in [0.25, 0.3) is 21.9 Å². The summed E-state index contributed by atoms with van der Waals surface area (Å²) in [5.74, 6) is 0.281. The van der Waals surface area contributed by atoms with Gasteiger partial charge in [0, 0.05) is 51.1 Å². The molecule has 0 spiro atoms. The Hall–Kier alpha value is -6.26. The van der Waals surface area contributed by atoms with Crippen molar-refractivity contribution < 1.29 is 0 Å². The molecule has 0 N–H and O–H groups in total. The molecule has 0 amide bonds. The summed E-state index contributed by atoms with van der Waals surface area (Å²) in [6.07, 6.45) is 10.2. The number of hydrogen-bond acceptors (Lipinski definition) is 3. The SMILES string of the molecule is CC1=CC2C3B(c4ccc(N(c5ccccc5)c5cccc(-c6cccc7ccccc67)c5)cc4N2c2ccccc2)c2cccc4c2N(C3=C1)C1(C)CCCCC41C. The molecule has 3 aliphatic heterocycles. The maximum atomic E-state index is 2.88. The first-order chi connectivity index (χ1) is 28.9. The molecule has 7 aromatic rings. The van der Waals surface area contributed by atoms with Crippen molar-refractivity contribution in [2.75, 3.05) is 14.7 Å². The second kappa shape index (κ2) is 12.9. The first-order valence-corrected chi connectivity index (χ1v) is 21.7. The fourth-order valence-corrected chi connectivity index (χ4v) is 12.3. The summed E-state index contributed by atoms with van der Waals surface area (Å²) in [7, 11) is 0. The minimum Gasteiger partial charge on any atom is -0.339 e. The molecule has 4 atom stereocenters. The van der Waals surface area contributed by atoms with Crippen molar-refractivity contribution in [1.29, 1.82) is 0 Å². The molecule has 4 unspecified atom stereocenters. The van der Waals surface area contributed by atoms with Gasteiger partial charge in [0.1, 0.15) is 0 Å². The zero-order chi connectivity index (χ0) is 39.5. The van der Waals surface area contributed by atoms with Crippen molar-refractivity contribution in [2.24, 2.45) is 0 Å². The number of fused-ring (bicyclic) bond motifs is 8. The molecule has 4 heteroatoms. The van der Waals surface area contributed by atoms with Gasteiger partial charge in [-0.2, -0.15) is 0 Å². The summed E-state index contributed by atoms with van der Waals surface area (Å²) >= 11 is 0. The molecule has 1 fully saturated rings. The molecule has 5 aliphatic rings. The molecule has 12 rings (SSSR count). The van der Waals surface area contributed by atoms with Gasteiger partial charge in [0.2, 0.25) is 6.71 Å². The second-order valence-electron chi connectivity index (χ2n) is 18.1. The Balaban J connectivity index is 1.08. The lowest BCUT2D eigenvalue weighted by Crippen LogP contribution is -2.66. The smallest absolute Gasteiger partial charge is 0.226 e. The van der Waals surface area contributed by atoms with Gasteiger partial charge in [-0.3, -0.25) is 0 Å². The van der Waals surface area contributed by atoms with E-state index < -0.39 is 0 Å². The van der Waals surface area contributed by atoms with Crippen LogP contribution in [-0.2, 0) is 5.41 Å². The van der Waals surface area contributed by atoms with Crippen LogP contribution in [0.1, 0.15) is 52.0 Å². The molecule has 0 bridgehead atoms. The highest BCUT2D eigenvalue weighted by Gasteiger charge is 2.63. The molecule has 2 aliphatic carbocycles. The average Bonchev–Trinajstić information content (AvgIpc) is 3.49. The van der Waals surface area contributed by atoms with Crippen LogP contribution in [0.15, 0.2) is 187 Å². The quantitative estimate of drug-likeness (QED) is 0.162. The van der Waals surface area contributed by atoms with Crippen LogP contribution in [0.5, 0.6) is 0 Å². The van der Waals surface area contributed by atoms with E-state index in [9.17, 15) is 0 Å². The lowest BCUT2D eigenvalue weighted by atomic mass is 9.28. The Morgan fingerprint density at radius 3 is 2.22 bits per heavy atom. The standard InChI is InChI=1S/C55H48BN3/c1-37-33-50-52-51(34-37)59-53-46(54(2)31-12-13-32-55(54,59)3)27-16-28-48(53)56(52)47-30-29-43(36-49(47)58(50)41-22-8-5-9-23-41)57(40-20-6-4-7-21-40)42-24-14-19-39(35-42)45-26-15-18-38-17-10-11-25-44(38)45/h4-11,14-30,33-36,50,52H,12-13,31-32H2,1-3H3. The lowest BCUT2D eigenvalue weighted by molar-refractivity contribution is 0.189. The van der Waals surface area contributed by atoms with E-state index in [0.29, 0.717) is 0 Å². The van der Waals surface area contributed by atoms with E-state index in [-0.39, 0.29) is 29.5 Å². The summed E-state index contributed by atoms with van der Waals surface area (Å²) in [5.41, 5.74) is 17.4. The number of rotatable bonds is 5. The van der Waals surface area contributed by atoms with Crippen molar-refractivity contribution in [3.63, 3.8) is 0 Å². The van der Waals surface area contributed by atoms with Gasteiger partial charge >= 0.3 is 0 Å². The van der Waals surface area contributed by atoms with Gasteiger partial charge in [-0.15, -0.1) is 0 Å². The van der Waals surface area contributed by atoms with Crippen LogP contribution < -0.4 is 25.6 Å². The van der Waals surface area contributed by atoms with E-state index in [1.165, 1.54) is 86.8 Å². The van der Waals surface area contributed by atoms with Gasteiger partial charge in [0.25, 0.3) is 0 Å². The van der Waals surface area contributed by atoms with Crippen LogP contribution in [-0.4, -0.2) is 18.3 Å². The number of allylic oxidation sites excluding steroid dienone is 2. The van der Waals surface area contributed by atoms with Gasteiger partial charge in [-0.25, -0.2) is 0 Å². The van der Waals surface area contributed by atoms with Gasteiger partial charge in [0.15, 0.2) is 0 Å². The third kappa shape index (κ3) is 4.89. The van der Waals surface area contributed by atoms with Crippen LogP contribution in [0.4, 0.5) is 34.1 Å². The monoisotopic (exact) mass is 761 g/mol. The molecular formula is C55H48BN3. The van der Waals surface area contributed by atoms with Crippen LogP contribution in [0, 0.1) is 0 Å². The van der Waals surface area contributed by atoms with E-state index in [2.05, 4.69) is 211 Å². The van der Waals surface area contributed by atoms with Crippen molar-refractivity contribution in [2.45, 2.75) is 69.3 Å². The van der Waals surface area contributed by atoms with E-state index in [1.54, 1.807) is 5.56 Å². The first-order valence-electron chi connectivity index (χ1n) is 21.7. The Morgan fingerprint density at radius 2 is 1.36 bits per heavy atom. The predicted octanol–water partition coefficient (Wildman–Crippen LogP) is 12.7. The number of benzene rings is 7. The summed E-state index contributed by atoms with van der Waals surface area (Å²) in [6, 6.07) is 61.4. The van der Waals surface area contributed by atoms with Gasteiger partial charge in [-0.05, 0) is 120 Å². The molecule has 286 valence electrons. The number of hydrogen-bond donors (Lipinski definition) is 0. The summed E-state index contributed by atoms with van der Waals surface area (Å²) in [6.45, 7) is 7.73. The van der Waals surface area contributed by atoms with E-state index in [0.717, 1.165) is 17.1 Å². The molecule has 3 heterocycles. The fourth-order valence-electron chi connectivity index (χ4n) is 12.3. The fraction of sp³-hybridized carbons (Fsp3) is 0.200. The molecule has 7 aromatic carbocycles. The second-order valence-corrected chi connectivity index (χ2v) is 18.1. The average molecular weight is 762 g/mol. The third-order valence-electron chi connectivity index (χ3n) is 15.0. The highest BCUT2D eigenvalue weighted by Crippen LogP contribution is 2.63. The minimum atomic E-state index is 0.0428. The highest BCUT2D eigenvalue weighted by atomic mass is 15.3. The Bertz CT molecular complexity index is 2880. The van der Waals surface area contributed by atoms with Gasteiger partial charge < -0.3 is 14.7 Å². The molecule has 59 heavy (non-hydrogen) atoms. The summed E-state index contributed by atoms with van der Waals surface area (Å²) in [5, 5.41) is 2.52. The topological polar surface area (TPSA) is 9.72 Å². The maximum absolute atomic E-state index is 2.88.